The fourth-order valence-corrected chi connectivity index (χ4v) is 2.68. The number of aromatic nitrogens is 1. The van der Waals surface area contributed by atoms with Crippen molar-refractivity contribution < 1.29 is 14.3 Å². The number of rotatable bonds is 4. The zero-order valence-corrected chi connectivity index (χ0v) is 13.7. The topological polar surface area (TPSA) is 71.5 Å². The molecule has 6 heteroatoms. The maximum absolute atomic E-state index is 12.4. The number of aryl methyl sites for hydroxylation is 1. The molecule has 1 aromatic heterocycles. The third-order valence-corrected chi connectivity index (χ3v) is 4.02. The number of pyridine rings is 1. The molecule has 0 saturated carbocycles. The molecular weight excluding hydrogens is 306 g/mol. The molecule has 0 unspecified atom stereocenters. The number of amides is 2. The molecule has 2 amide bonds. The van der Waals surface area contributed by atoms with Gasteiger partial charge in [-0.2, -0.15) is 0 Å². The van der Waals surface area contributed by atoms with Gasteiger partial charge in [-0.05, 0) is 30.7 Å². The Kier molecular flexibility index (Phi) is 4.46. The van der Waals surface area contributed by atoms with Gasteiger partial charge in [0.25, 0.3) is 0 Å². The fraction of sp³-hybridized carbons (Fsp3) is 0.278. The molecule has 0 spiro atoms. The molecule has 1 fully saturated rings. The van der Waals surface area contributed by atoms with Gasteiger partial charge in [0.15, 0.2) is 0 Å². The summed E-state index contributed by atoms with van der Waals surface area (Å²) in [7, 11) is 1.58. The summed E-state index contributed by atoms with van der Waals surface area (Å²) in [6.07, 6.45) is 1.88. The number of nitrogens with one attached hydrogen (secondary N) is 1. The van der Waals surface area contributed by atoms with E-state index in [-0.39, 0.29) is 18.2 Å². The van der Waals surface area contributed by atoms with Crippen LogP contribution in [0.3, 0.4) is 0 Å². The van der Waals surface area contributed by atoms with Gasteiger partial charge >= 0.3 is 0 Å². The summed E-state index contributed by atoms with van der Waals surface area (Å²) in [5, 5.41) is 2.77. The van der Waals surface area contributed by atoms with Crippen molar-refractivity contribution in [2.75, 3.05) is 23.9 Å². The van der Waals surface area contributed by atoms with Crippen molar-refractivity contribution in [1.82, 2.24) is 4.98 Å². The van der Waals surface area contributed by atoms with E-state index >= 15 is 0 Å². The van der Waals surface area contributed by atoms with Crippen molar-refractivity contribution in [1.29, 1.82) is 0 Å². The lowest BCUT2D eigenvalue weighted by Crippen LogP contribution is -2.28. The smallest absolute Gasteiger partial charge is 0.230 e. The number of methoxy groups -OCH3 is 1. The van der Waals surface area contributed by atoms with Gasteiger partial charge in [-0.25, -0.2) is 4.98 Å². The Morgan fingerprint density at radius 1 is 1.33 bits per heavy atom. The summed E-state index contributed by atoms with van der Waals surface area (Å²) < 4.78 is 5.19. The summed E-state index contributed by atoms with van der Waals surface area (Å²) in [6.45, 7) is 2.28. The maximum atomic E-state index is 12.4. The minimum atomic E-state index is -0.396. The molecule has 1 aromatic carbocycles. The Labute approximate surface area is 140 Å². The summed E-state index contributed by atoms with van der Waals surface area (Å²) >= 11 is 0. The van der Waals surface area contributed by atoms with E-state index in [4.69, 9.17) is 4.74 Å². The lowest BCUT2D eigenvalue weighted by molar-refractivity contribution is -0.122. The van der Waals surface area contributed by atoms with E-state index < -0.39 is 5.92 Å². The Morgan fingerprint density at radius 2 is 2.17 bits per heavy atom. The Hall–Kier alpha value is -2.89. The van der Waals surface area contributed by atoms with Crippen LogP contribution in [0.4, 0.5) is 11.5 Å². The van der Waals surface area contributed by atoms with Crippen LogP contribution in [0.1, 0.15) is 12.0 Å². The highest BCUT2D eigenvalue weighted by molar-refractivity contribution is 6.03. The number of hydrogen-bond acceptors (Lipinski definition) is 4. The highest BCUT2D eigenvalue weighted by atomic mass is 16.5. The van der Waals surface area contributed by atoms with Crippen LogP contribution in [0, 0.1) is 12.8 Å². The monoisotopic (exact) mass is 325 g/mol. The normalized spacial score (nSPS) is 17.0. The molecule has 1 N–H and O–H groups in total. The van der Waals surface area contributed by atoms with Crippen molar-refractivity contribution >= 4 is 23.3 Å². The van der Waals surface area contributed by atoms with Gasteiger partial charge in [0.1, 0.15) is 11.6 Å². The number of benzene rings is 1. The zero-order valence-electron chi connectivity index (χ0n) is 13.7. The average molecular weight is 325 g/mol. The number of anilines is 2. The van der Waals surface area contributed by atoms with E-state index in [1.807, 2.05) is 31.2 Å². The quantitative estimate of drug-likeness (QED) is 0.937. The van der Waals surface area contributed by atoms with Crippen molar-refractivity contribution in [2.45, 2.75) is 13.3 Å². The largest absolute Gasteiger partial charge is 0.497 e. The van der Waals surface area contributed by atoms with Crippen LogP contribution in [0.25, 0.3) is 0 Å². The molecule has 1 aliphatic heterocycles. The number of hydrogen-bond donors (Lipinski definition) is 1. The van der Waals surface area contributed by atoms with E-state index in [1.165, 1.54) is 0 Å². The van der Waals surface area contributed by atoms with E-state index in [0.717, 1.165) is 11.3 Å². The SMILES string of the molecule is COc1cccc(N2C[C@H](C(=O)Nc3ccc(C)cn3)CC2=O)c1. The van der Waals surface area contributed by atoms with Gasteiger partial charge in [0.2, 0.25) is 11.8 Å². The molecule has 6 nitrogen and oxygen atoms in total. The molecular formula is C18H19N3O3. The molecule has 0 bridgehead atoms. The van der Waals surface area contributed by atoms with Gasteiger partial charge in [0, 0.05) is 30.9 Å². The number of carbonyl (C=O) groups excluding carboxylic acids is 2. The van der Waals surface area contributed by atoms with Gasteiger partial charge in [-0.1, -0.05) is 12.1 Å². The Balaban J connectivity index is 1.69. The predicted molar refractivity (Wildman–Crippen MR) is 91.1 cm³/mol. The average Bonchev–Trinajstić information content (AvgIpc) is 2.99. The van der Waals surface area contributed by atoms with Crippen molar-refractivity contribution in [3.05, 3.63) is 48.2 Å². The van der Waals surface area contributed by atoms with E-state index in [9.17, 15) is 9.59 Å². The first-order chi connectivity index (χ1) is 11.6. The first kappa shape index (κ1) is 16.0. The Morgan fingerprint density at radius 3 is 2.88 bits per heavy atom. The van der Waals surface area contributed by atoms with Gasteiger partial charge in [-0.3, -0.25) is 9.59 Å². The fourth-order valence-electron chi connectivity index (χ4n) is 2.68. The second kappa shape index (κ2) is 6.70. The summed E-state index contributed by atoms with van der Waals surface area (Å²) in [6, 6.07) is 10.9. The van der Waals surface area contributed by atoms with Gasteiger partial charge in [-0.15, -0.1) is 0 Å². The van der Waals surface area contributed by atoms with Crippen LogP contribution in [-0.4, -0.2) is 30.5 Å². The lowest BCUT2D eigenvalue weighted by atomic mass is 10.1. The van der Waals surface area contributed by atoms with Crippen LogP contribution >= 0.6 is 0 Å². The summed E-state index contributed by atoms with van der Waals surface area (Å²) in [5.41, 5.74) is 1.76. The molecule has 24 heavy (non-hydrogen) atoms. The van der Waals surface area contributed by atoms with Crippen LogP contribution in [0.15, 0.2) is 42.6 Å². The highest BCUT2D eigenvalue weighted by Gasteiger charge is 2.35. The standard InChI is InChI=1S/C18H19N3O3/c1-12-6-7-16(19-10-12)20-18(23)13-8-17(22)21(11-13)14-4-3-5-15(9-14)24-2/h3-7,9-10,13H,8,11H2,1-2H3,(H,19,20,23)/t13-/m1/s1. The van der Waals surface area contributed by atoms with Crippen molar-refractivity contribution in [2.24, 2.45) is 5.92 Å². The lowest BCUT2D eigenvalue weighted by Gasteiger charge is -2.17. The summed E-state index contributed by atoms with van der Waals surface area (Å²) in [4.78, 5) is 30.4. The number of nitrogens with zero attached hydrogens (tertiary/aromatic N) is 2. The minimum absolute atomic E-state index is 0.0692. The van der Waals surface area contributed by atoms with Crippen LogP contribution < -0.4 is 15.0 Å². The third kappa shape index (κ3) is 3.37. The Bertz CT molecular complexity index is 758. The molecule has 2 aromatic rings. The van der Waals surface area contributed by atoms with Gasteiger partial charge < -0.3 is 15.0 Å². The molecule has 1 atom stereocenters. The third-order valence-electron chi connectivity index (χ3n) is 4.02. The molecule has 1 aliphatic rings. The maximum Gasteiger partial charge on any atom is 0.230 e. The van der Waals surface area contributed by atoms with Crippen LogP contribution in [0.5, 0.6) is 5.75 Å². The minimum Gasteiger partial charge on any atom is -0.497 e. The van der Waals surface area contributed by atoms with E-state index in [0.29, 0.717) is 18.1 Å². The molecule has 0 radical (unpaired) electrons. The van der Waals surface area contributed by atoms with Crippen LogP contribution in [0.2, 0.25) is 0 Å². The van der Waals surface area contributed by atoms with Crippen molar-refractivity contribution in [3.8, 4) is 5.75 Å². The highest BCUT2D eigenvalue weighted by Crippen LogP contribution is 2.28. The molecule has 124 valence electrons. The summed E-state index contributed by atoms with van der Waals surface area (Å²) in [5.74, 6) is 0.520. The first-order valence-corrected chi connectivity index (χ1v) is 7.75. The number of ether oxygens (including phenoxy) is 1. The second-order valence-electron chi connectivity index (χ2n) is 5.82. The second-order valence-corrected chi connectivity index (χ2v) is 5.82. The van der Waals surface area contributed by atoms with E-state index in [1.54, 1.807) is 30.3 Å². The first-order valence-electron chi connectivity index (χ1n) is 7.75. The van der Waals surface area contributed by atoms with E-state index in [2.05, 4.69) is 10.3 Å². The molecule has 3 rings (SSSR count). The van der Waals surface area contributed by atoms with Crippen LogP contribution in [-0.2, 0) is 9.59 Å². The molecule has 2 heterocycles. The molecule has 1 saturated heterocycles. The zero-order chi connectivity index (χ0) is 17.1. The van der Waals surface area contributed by atoms with Crippen molar-refractivity contribution in [3.63, 3.8) is 0 Å². The number of carbonyl (C=O) groups is 2. The molecule has 0 aliphatic carbocycles. The van der Waals surface area contributed by atoms with Gasteiger partial charge in [0.05, 0.1) is 13.0 Å². The predicted octanol–water partition coefficient (Wildman–Crippen LogP) is 2.39.